The number of nitrogens with zero attached hydrogens (tertiary/aromatic N) is 1. The van der Waals surface area contributed by atoms with Crippen LogP contribution in [-0.2, 0) is 0 Å². The second-order valence-corrected chi connectivity index (χ2v) is 9.46. The highest BCUT2D eigenvalue weighted by Gasteiger charge is 2.38. The molecule has 24 heavy (non-hydrogen) atoms. The maximum atomic E-state index is 3.70. The number of benzene rings is 3. The van der Waals surface area contributed by atoms with Gasteiger partial charge in [0.25, 0.3) is 0 Å². The molecule has 3 aromatic rings. The van der Waals surface area contributed by atoms with Gasteiger partial charge in [-0.3, -0.25) is 0 Å². The lowest BCUT2D eigenvalue weighted by Crippen LogP contribution is -2.66. The second-order valence-electron chi connectivity index (χ2n) is 5.98. The van der Waals surface area contributed by atoms with E-state index in [0.717, 1.165) is 0 Å². The quantitative estimate of drug-likeness (QED) is 0.309. The molecule has 0 fully saturated rings. The molecule has 0 saturated carbocycles. The summed E-state index contributed by atoms with van der Waals surface area (Å²) in [6.07, 6.45) is 0. The first kappa shape index (κ1) is 16.1. The van der Waals surface area contributed by atoms with Gasteiger partial charge in [-0.2, -0.15) is 0 Å². The molecule has 0 saturated heterocycles. The molecule has 0 heterocycles. The van der Waals surface area contributed by atoms with Crippen LogP contribution in [0.3, 0.4) is 0 Å². The Morgan fingerprint density at radius 1 is 0.583 bits per heavy atom. The third-order valence-electron chi connectivity index (χ3n) is 4.09. The van der Waals surface area contributed by atoms with Crippen LogP contribution in [0.25, 0.3) is 0 Å². The Morgan fingerprint density at radius 3 is 1.21 bits per heavy atom. The molecule has 0 aliphatic rings. The van der Waals surface area contributed by atoms with Gasteiger partial charge < -0.3 is 4.90 Å². The van der Waals surface area contributed by atoms with Gasteiger partial charge in [-0.15, -0.1) is 0 Å². The largest absolute Gasteiger partial charge is 0.339 e. The van der Waals surface area contributed by atoms with Gasteiger partial charge in [-0.05, 0) is 15.6 Å². The molecule has 0 bridgehead atoms. The highest BCUT2D eigenvalue weighted by Crippen LogP contribution is 2.07. The van der Waals surface area contributed by atoms with Crippen molar-refractivity contribution < 1.29 is 0 Å². The maximum absolute atomic E-state index is 3.70. The Bertz CT molecular complexity index is 734. The average Bonchev–Trinajstić information content (AvgIpc) is 2.65. The molecule has 0 aliphatic heterocycles. The zero-order valence-corrected chi connectivity index (χ0v) is 15.1. The van der Waals surface area contributed by atoms with E-state index in [9.17, 15) is 0 Å². The Labute approximate surface area is 145 Å². The summed E-state index contributed by atoms with van der Waals surface area (Å²) >= 11 is 0. The van der Waals surface area contributed by atoms with Gasteiger partial charge >= 0.3 is 0 Å². The molecule has 3 rings (SSSR count). The molecule has 0 aromatic heterocycles. The molecule has 0 spiro atoms. The molecule has 0 N–H and O–H groups in total. The first-order chi connectivity index (χ1) is 11.7. The van der Waals surface area contributed by atoms with Crippen molar-refractivity contribution in [2.45, 2.75) is 0 Å². The standard InChI is InChI=1S/C22H21NSi/c1-23(2)18-19-24(20-12-6-3-7-13-20,21-14-8-4-9-15-21)22-16-10-5-11-17-22/h3-17H,1-2H3. The van der Waals surface area contributed by atoms with Crippen LogP contribution in [0.1, 0.15) is 0 Å². The zero-order valence-electron chi connectivity index (χ0n) is 14.1. The van der Waals surface area contributed by atoms with Crippen molar-refractivity contribution in [3.05, 3.63) is 91.0 Å². The monoisotopic (exact) mass is 327 g/mol. The fourth-order valence-corrected chi connectivity index (χ4v) is 6.88. The molecular weight excluding hydrogens is 306 g/mol. The van der Waals surface area contributed by atoms with Crippen LogP contribution in [0, 0.1) is 11.6 Å². The SMILES string of the molecule is CN(C)C#C[Si](c1ccccc1)(c1ccccc1)c1ccccc1. The number of hydrogen-bond acceptors (Lipinski definition) is 1. The van der Waals surface area contributed by atoms with Crippen LogP contribution >= 0.6 is 0 Å². The minimum atomic E-state index is -2.39. The van der Waals surface area contributed by atoms with Gasteiger partial charge in [0.2, 0.25) is 8.07 Å². The first-order valence-electron chi connectivity index (χ1n) is 8.10. The summed E-state index contributed by atoms with van der Waals surface area (Å²) < 4.78 is 0. The van der Waals surface area contributed by atoms with Crippen molar-refractivity contribution in [2.24, 2.45) is 0 Å². The fourth-order valence-electron chi connectivity index (χ4n) is 2.98. The number of rotatable bonds is 3. The summed E-state index contributed by atoms with van der Waals surface area (Å²) in [4.78, 5) is 1.94. The van der Waals surface area contributed by atoms with E-state index in [4.69, 9.17) is 0 Å². The van der Waals surface area contributed by atoms with E-state index in [1.165, 1.54) is 15.6 Å². The Balaban J connectivity index is 2.36. The highest BCUT2D eigenvalue weighted by atomic mass is 28.3. The van der Waals surface area contributed by atoms with Crippen molar-refractivity contribution in [3.8, 4) is 11.6 Å². The predicted molar refractivity (Wildman–Crippen MR) is 105 cm³/mol. The van der Waals surface area contributed by atoms with Crippen molar-refractivity contribution in [2.75, 3.05) is 14.1 Å². The summed E-state index contributed by atoms with van der Waals surface area (Å²) in [6.45, 7) is 0. The zero-order chi connectivity index (χ0) is 16.8. The van der Waals surface area contributed by atoms with Crippen LogP contribution in [0.15, 0.2) is 91.0 Å². The minimum Gasteiger partial charge on any atom is -0.339 e. The van der Waals surface area contributed by atoms with Crippen LogP contribution in [0.2, 0.25) is 0 Å². The third kappa shape index (κ3) is 3.13. The van der Waals surface area contributed by atoms with E-state index in [0.29, 0.717) is 0 Å². The number of hydrogen-bond donors (Lipinski definition) is 0. The molecule has 0 radical (unpaired) electrons. The van der Waals surface area contributed by atoms with Gasteiger partial charge in [0, 0.05) is 20.1 Å². The highest BCUT2D eigenvalue weighted by molar-refractivity contribution is 7.16. The van der Waals surface area contributed by atoms with Crippen LogP contribution < -0.4 is 15.6 Å². The van der Waals surface area contributed by atoms with Crippen molar-refractivity contribution in [3.63, 3.8) is 0 Å². The van der Waals surface area contributed by atoms with E-state index in [1.807, 2.05) is 19.0 Å². The van der Waals surface area contributed by atoms with Gasteiger partial charge in [-0.1, -0.05) is 96.5 Å². The lowest BCUT2D eigenvalue weighted by Gasteiger charge is -2.28. The van der Waals surface area contributed by atoms with E-state index in [-0.39, 0.29) is 0 Å². The molecular formula is C22H21NSi. The lowest BCUT2D eigenvalue weighted by molar-refractivity contribution is 0.598. The molecule has 0 atom stereocenters. The molecule has 0 aliphatic carbocycles. The Morgan fingerprint density at radius 2 is 0.917 bits per heavy atom. The molecule has 2 heteroatoms. The first-order valence-corrected chi connectivity index (χ1v) is 10.1. The summed E-state index contributed by atoms with van der Waals surface area (Å²) in [7, 11) is 1.60. The van der Waals surface area contributed by atoms with Gasteiger partial charge in [0.05, 0.1) is 0 Å². The minimum absolute atomic E-state index is 1.32. The predicted octanol–water partition coefficient (Wildman–Crippen LogP) is 2.22. The van der Waals surface area contributed by atoms with Crippen LogP contribution in [0.4, 0.5) is 0 Å². The third-order valence-corrected chi connectivity index (χ3v) is 8.17. The van der Waals surface area contributed by atoms with E-state index >= 15 is 0 Å². The van der Waals surface area contributed by atoms with Crippen molar-refractivity contribution in [1.82, 2.24) is 4.90 Å². The smallest absolute Gasteiger partial charge is 0.232 e. The topological polar surface area (TPSA) is 3.24 Å². The summed E-state index contributed by atoms with van der Waals surface area (Å²) in [6, 6.07) is 35.5. The van der Waals surface area contributed by atoms with Crippen molar-refractivity contribution >= 4 is 23.6 Å². The molecule has 0 amide bonds. The van der Waals surface area contributed by atoms with Gasteiger partial charge in [-0.25, -0.2) is 0 Å². The lowest BCUT2D eigenvalue weighted by atomic mass is 10.3. The van der Waals surface area contributed by atoms with E-state index < -0.39 is 8.07 Å². The Hall–Kier alpha value is -2.76. The molecule has 0 unspecified atom stereocenters. The average molecular weight is 328 g/mol. The molecule has 3 aromatic carbocycles. The van der Waals surface area contributed by atoms with Crippen molar-refractivity contribution in [1.29, 1.82) is 0 Å². The van der Waals surface area contributed by atoms with E-state index in [2.05, 4.69) is 103 Å². The fraction of sp³-hybridized carbons (Fsp3) is 0.0909. The molecule has 118 valence electrons. The van der Waals surface area contributed by atoms with Gasteiger partial charge in [0.15, 0.2) is 0 Å². The Kier molecular flexibility index (Phi) is 4.84. The summed E-state index contributed by atoms with van der Waals surface area (Å²) in [5.74, 6) is 0. The summed E-state index contributed by atoms with van der Waals surface area (Å²) in [5, 5.41) is 3.95. The van der Waals surface area contributed by atoms with Gasteiger partial charge in [0.1, 0.15) is 0 Å². The maximum Gasteiger partial charge on any atom is 0.232 e. The summed E-state index contributed by atoms with van der Waals surface area (Å²) in [5.41, 5.74) is 3.70. The van der Waals surface area contributed by atoms with Crippen LogP contribution in [-0.4, -0.2) is 27.1 Å². The van der Waals surface area contributed by atoms with Crippen LogP contribution in [0.5, 0.6) is 0 Å². The second kappa shape index (κ2) is 7.21. The van der Waals surface area contributed by atoms with E-state index in [1.54, 1.807) is 0 Å². The molecule has 1 nitrogen and oxygen atoms in total. The normalized spacial score (nSPS) is 10.6.